The summed E-state index contributed by atoms with van der Waals surface area (Å²) < 4.78 is 73.6. The van der Waals surface area contributed by atoms with Gasteiger partial charge < -0.3 is 4.42 Å². The van der Waals surface area contributed by atoms with Crippen LogP contribution in [0.2, 0.25) is 0 Å². The standard InChI is InChI=1S/C32H31NO/c1-20-8-6-13-30-31(20)27-12-7-11-26(32(27)34-30)29-18-28(22(3)19-33-29)25-15-14-24(16-21(25)2)17-23-9-4-5-10-23/h6-8,11-16,18-19,23H,4-5,9-10,17H2,1-3H3/i2D3,3D3,17D2. The smallest absolute Gasteiger partial charge is 0.144 e. The highest BCUT2D eigenvalue weighted by molar-refractivity contribution is 6.10. The van der Waals surface area contributed by atoms with Crippen molar-refractivity contribution < 1.29 is 15.4 Å². The minimum absolute atomic E-state index is 0.0732. The summed E-state index contributed by atoms with van der Waals surface area (Å²) in [5.74, 6) is -0.189. The van der Waals surface area contributed by atoms with Gasteiger partial charge in [0, 0.05) is 33.5 Å². The first-order valence-electron chi connectivity index (χ1n) is 15.8. The molecule has 1 saturated carbocycles. The van der Waals surface area contributed by atoms with E-state index >= 15 is 0 Å². The minimum Gasteiger partial charge on any atom is -0.455 e. The lowest BCUT2D eigenvalue weighted by molar-refractivity contribution is 0.546. The molecule has 2 aromatic heterocycles. The molecule has 0 atom stereocenters. The fourth-order valence-corrected chi connectivity index (χ4v) is 5.23. The van der Waals surface area contributed by atoms with Crippen LogP contribution >= 0.6 is 0 Å². The van der Waals surface area contributed by atoms with Gasteiger partial charge >= 0.3 is 0 Å². The van der Waals surface area contributed by atoms with Crippen molar-refractivity contribution in [2.45, 2.75) is 52.7 Å². The first-order chi connectivity index (χ1) is 19.8. The van der Waals surface area contributed by atoms with E-state index in [1.54, 1.807) is 18.2 Å². The highest BCUT2D eigenvalue weighted by atomic mass is 16.3. The van der Waals surface area contributed by atoms with Crippen molar-refractivity contribution in [1.29, 1.82) is 0 Å². The number of hydrogen-bond acceptors (Lipinski definition) is 2. The Hall–Kier alpha value is -3.39. The molecule has 0 bridgehead atoms. The highest BCUT2D eigenvalue weighted by Gasteiger charge is 2.18. The van der Waals surface area contributed by atoms with E-state index in [1.165, 1.54) is 12.3 Å². The molecule has 0 aliphatic heterocycles. The Bertz CT molecular complexity index is 1810. The number of pyridine rings is 1. The van der Waals surface area contributed by atoms with Gasteiger partial charge in [-0.2, -0.15) is 0 Å². The zero-order valence-electron chi connectivity index (χ0n) is 27.1. The number of hydrogen-bond donors (Lipinski definition) is 0. The first kappa shape index (κ1) is 14.1. The predicted molar refractivity (Wildman–Crippen MR) is 142 cm³/mol. The third-order valence-corrected chi connectivity index (χ3v) is 6.95. The van der Waals surface area contributed by atoms with Gasteiger partial charge in [0.25, 0.3) is 0 Å². The van der Waals surface area contributed by atoms with Gasteiger partial charge in [-0.15, -0.1) is 0 Å². The van der Waals surface area contributed by atoms with Gasteiger partial charge in [-0.25, -0.2) is 0 Å². The molecule has 0 N–H and O–H groups in total. The Labute approximate surface area is 212 Å². The topological polar surface area (TPSA) is 26.0 Å². The average molecular weight is 454 g/mol. The molecule has 0 unspecified atom stereocenters. The monoisotopic (exact) mass is 453 g/mol. The van der Waals surface area contributed by atoms with Crippen molar-refractivity contribution in [3.63, 3.8) is 0 Å². The van der Waals surface area contributed by atoms with Crippen molar-refractivity contribution in [2.75, 3.05) is 0 Å². The van der Waals surface area contributed by atoms with Crippen LogP contribution in [-0.4, -0.2) is 4.98 Å². The van der Waals surface area contributed by atoms with Gasteiger partial charge in [-0.1, -0.05) is 68.1 Å². The van der Waals surface area contributed by atoms with Crippen molar-refractivity contribution in [3.8, 4) is 22.4 Å². The summed E-state index contributed by atoms with van der Waals surface area (Å²) >= 11 is 0. The zero-order valence-corrected chi connectivity index (χ0v) is 19.1. The summed E-state index contributed by atoms with van der Waals surface area (Å²) in [6, 6.07) is 17.8. The Morgan fingerprint density at radius 1 is 0.912 bits per heavy atom. The molecular weight excluding hydrogens is 414 g/mol. The maximum absolute atomic E-state index is 8.84. The van der Waals surface area contributed by atoms with Crippen molar-refractivity contribution in [3.05, 3.63) is 89.1 Å². The van der Waals surface area contributed by atoms with E-state index in [0.717, 1.165) is 47.6 Å². The average Bonchev–Trinajstić information content (AvgIpc) is 3.61. The van der Waals surface area contributed by atoms with Crippen molar-refractivity contribution in [1.82, 2.24) is 4.98 Å². The number of fused-ring (bicyclic) bond motifs is 3. The maximum Gasteiger partial charge on any atom is 0.144 e. The van der Waals surface area contributed by atoms with Crippen LogP contribution in [0.15, 0.2) is 71.3 Å². The second kappa shape index (κ2) is 8.43. The SMILES string of the molecule is [2H]C([2H])([2H])c1cnc(-c2cccc3c2oc2cccc(C)c23)cc1-c1ccc(C([2H])([2H])C2CCCC2)cc1C([2H])([2H])[2H]. The Morgan fingerprint density at radius 3 is 2.62 bits per heavy atom. The molecule has 2 heterocycles. The summed E-state index contributed by atoms with van der Waals surface area (Å²) in [6.07, 6.45) is 3.00. The summed E-state index contributed by atoms with van der Waals surface area (Å²) in [5.41, 5.74) is 4.11. The normalized spacial score (nSPS) is 19.1. The van der Waals surface area contributed by atoms with Crippen LogP contribution < -0.4 is 0 Å². The second-order valence-corrected chi connectivity index (χ2v) is 9.23. The quantitative estimate of drug-likeness (QED) is 0.271. The predicted octanol–water partition coefficient (Wildman–Crippen LogP) is 8.97. The van der Waals surface area contributed by atoms with Crippen molar-refractivity contribution in [2.24, 2.45) is 5.92 Å². The van der Waals surface area contributed by atoms with Gasteiger partial charge in [0.15, 0.2) is 0 Å². The lowest BCUT2D eigenvalue weighted by Gasteiger charge is -2.14. The van der Waals surface area contributed by atoms with E-state index < -0.39 is 20.1 Å². The molecule has 0 amide bonds. The first-order valence-corrected chi connectivity index (χ1v) is 11.8. The maximum atomic E-state index is 8.84. The van der Waals surface area contributed by atoms with Gasteiger partial charge in [0.1, 0.15) is 11.2 Å². The third-order valence-electron chi connectivity index (χ3n) is 6.95. The molecule has 2 heteroatoms. The van der Waals surface area contributed by atoms with Crippen LogP contribution in [0.1, 0.15) is 58.9 Å². The van der Waals surface area contributed by atoms with Crippen LogP contribution in [0.4, 0.5) is 0 Å². The van der Waals surface area contributed by atoms with Crippen molar-refractivity contribution >= 4 is 21.9 Å². The van der Waals surface area contributed by atoms with Gasteiger partial charge in [0.2, 0.25) is 0 Å². The molecular formula is C32H31NO. The van der Waals surface area contributed by atoms with Gasteiger partial charge in [0.05, 0.1) is 5.69 Å². The van der Waals surface area contributed by atoms with Crippen LogP contribution in [0.3, 0.4) is 0 Å². The molecule has 2 nitrogen and oxygen atoms in total. The third kappa shape index (κ3) is 3.62. The molecule has 6 rings (SSSR count). The summed E-state index contributed by atoms with van der Waals surface area (Å²) in [5, 5.41) is 1.90. The number of nitrogens with zero attached hydrogens (tertiary/aromatic N) is 1. The molecule has 1 aliphatic carbocycles. The summed E-state index contributed by atoms with van der Waals surface area (Å²) in [6.45, 7) is -3.16. The highest BCUT2D eigenvalue weighted by Crippen LogP contribution is 2.38. The Morgan fingerprint density at radius 2 is 1.76 bits per heavy atom. The van der Waals surface area contributed by atoms with E-state index in [4.69, 9.17) is 15.4 Å². The molecule has 0 radical (unpaired) electrons. The van der Waals surface area contributed by atoms with E-state index in [9.17, 15) is 0 Å². The number of rotatable bonds is 4. The Kier molecular flexibility index (Phi) is 3.50. The van der Waals surface area contributed by atoms with Crippen LogP contribution in [-0.2, 0) is 6.37 Å². The minimum atomic E-state index is -2.61. The van der Waals surface area contributed by atoms with Crippen LogP contribution in [0, 0.1) is 26.5 Å². The lowest BCUT2D eigenvalue weighted by atomic mass is 9.91. The lowest BCUT2D eigenvalue weighted by Crippen LogP contribution is -1.99. The number of para-hydroxylation sites is 1. The molecule has 170 valence electrons. The fourth-order valence-electron chi connectivity index (χ4n) is 5.23. The van der Waals surface area contributed by atoms with Crippen LogP contribution in [0.5, 0.6) is 0 Å². The largest absolute Gasteiger partial charge is 0.455 e. The van der Waals surface area contributed by atoms with E-state index in [1.807, 2.05) is 43.3 Å². The molecule has 3 aromatic carbocycles. The molecule has 34 heavy (non-hydrogen) atoms. The molecule has 1 aliphatic rings. The van der Waals surface area contributed by atoms with E-state index in [-0.39, 0.29) is 28.2 Å². The van der Waals surface area contributed by atoms with E-state index in [0.29, 0.717) is 22.4 Å². The summed E-state index contributed by atoms with van der Waals surface area (Å²) in [7, 11) is 0. The zero-order chi connectivity index (χ0) is 30.0. The van der Waals surface area contributed by atoms with Gasteiger partial charge in [-0.05, 0) is 84.5 Å². The number of furan rings is 1. The Balaban J connectivity index is 1.57. The molecule has 1 fully saturated rings. The fraction of sp³-hybridized carbons (Fsp3) is 0.281. The molecule has 5 aromatic rings. The molecule has 0 saturated heterocycles. The number of benzene rings is 3. The summed E-state index contributed by atoms with van der Waals surface area (Å²) in [4.78, 5) is 4.52. The number of aromatic nitrogens is 1. The van der Waals surface area contributed by atoms with E-state index in [2.05, 4.69) is 4.98 Å². The molecule has 0 spiro atoms. The number of aryl methyl sites for hydroxylation is 3. The second-order valence-electron chi connectivity index (χ2n) is 9.23. The van der Waals surface area contributed by atoms with Crippen LogP contribution in [0.25, 0.3) is 44.3 Å². The van der Waals surface area contributed by atoms with Gasteiger partial charge in [-0.3, -0.25) is 4.98 Å².